The Labute approximate surface area is 124 Å². The predicted octanol–water partition coefficient (Wildman–Crippen LogP) is 2.67. The van der Waals surface area contributed by atoms with Gasteiger partial charge < -0.3 is 10.1 Å². The maximum Gasteiger partial charge on any atom is 0.336 e. The number of benzene rings is 1. The highest BCUT2D eigenvalue weighted by molar-refractivity contribution is 6.04. The van der Waals surface area contributed by atoms with Crippen LogP contribution in [0.2, 0.25) is 0 Å². The molecule has 0 saturated heterocycles. The molecule has 110 valence electrons. The quantitative estimate of drug-likeness (QED) is 0.683. The normalized spacial score (nSPS) is 18.8. The number of allylic oxidation sites excluding steroid dienone is 1. The van der Waals surface area contributed by atoms with Crippen LogP contribution in [0.3, 0.4) is 0 Å². The van der Waals surface area contributed by atoms with E-state index in [-0.39, 0.29) is 17.8 Å². The average Bonchev–Trinajstić information content (AvgIpc) is 2.50. The first-order valence-corrected chi connectivity index (χ1v) is 7.06. The van der Waals surface area contributed by atoms with Gasteiger partial charge in [-0.25, -0.2) is 4.79 Å². The molecule has 0 saturated carbocycles. The van der Waals surface area contributed by atoms with Crippen molar-refractivity contribution in [3.05, 3.63) is 53.6 Å². The molecule has 21 heavy (non-hydrogen) atoms. The minimum Gasteiger partial charge on any atom is -0.463 e. The van der Waals surface area contributed by atoms with Crippen molar-refractivity contribution >= 4 is 17.6 Å². The van der Waals surface area contributed by atoms with Crippen LogP contribution in [-0.4, -0.2) is 18.5 Å². The summed E-state index contributed by atoms with van der Waals surface area (Å²) < 4.78 is 5.12. The molecule has 1 aromatic rings. The number of hydrogen-bond acceptors (Lipinski definition) is 3. The summed E-state index contributed by atoms with van der Waals surface area (Å²) in [6.45, 7) is 3.94. The predicted molar refractivity (Wildman–Crippen MR) is 81.1 cm³/mol. The average molecular weight is 285 g/mol. The molecule has 0 fully saturated rings. The number of amides is 1. The Hall–Kier alpha value is -2.36. The van der Waals surface area contributed by atoms with Crippen molar-refractivity contribution in [3.8, 4) is 0 Å². The summed E-state index contributed by atoms with van der Waals surface area (Å²) in [5, 5.41) is 2.85. The van der Waals surface area contributed by atoms with Crippen molar-refractivity contribution in [2.45, 2.75) is 20.3 Å². The first-order chi connectivity index (χ1) is 10.2. The fourth-order valence-corrected chi connectivity index (χ4v) is 2.35. The molecule has 2 rings (SSSR count). The highest BCUT2D eigenvalue weighted by Gasteiger charge is 2.30. The maximum atomic E-state index is 12.2. The van der Waals surface area contributed by atoms with Crippen LogP contribution in [0.5, 0.6) is 0 Å². The topological polar surface area (TPSA) is 55.4 Å². The fourth-order valence-electron chi connectivity index (χ4n) is 2.35. The van der Waals surface area contributed by atoms with Gasteiger partial charge in [0.05, 0.1) is 23.8 Å². The van der Waals surface area contributed by atoms with Crippen molar-refractivity contribution in [2.24, 2.45) is 5.92 Å². The molecular weight excluding hydrogens is 266 g/mol. The van der Waals surface area contributed by atoms with E-state index in [2.05, 4.69) is 5.32 Å². The SMILES string of the molecule is C/C=C\[C@@H]1CC(C(=O)OCC)=C(c2ccccc2)NC1=O. The lowest BCUT2D eigenvalue weighted by Gasteiger charge is -2.25. The molecule has 1 aromatic carbocycles. The van der Waals surface area contributed by atoms with Crippen LogP contribution in [0, 0.1) is 5.92 Å². The third kappa shape index (κ3) is 3.40. The Morgan fingerprint density at radius 3 is 2.71 bits per heavy atom. The van der Waals surface area contributed by atoms with E-state index in [1.807, 2.05) is 43.3 Å². The van der Waals surface area contributed by atoms with Gasteiger partial charge in [-0.3, -0.25) is 4.79 Å². The Morgan fingerprint density at radius 1 is 1.38 bits per heavy atom. The molecule has 1 heterocycles. The molecule has 4 nitrogen and oxygen atoms in total. The van der Waals surface area contributed by atoms with E-state index in [1.54, 1.807) is 13.0 Å². The molecular formula is C17H19NO3. The van der Waals surface area contributed by atoms with Gasteiger partial charge in [0.15, 0.2) is 0 Å². The van der Waals surface area contributed by atoms with E-state index in [9.17, 15) is 9.59 Å². The van der Waals surface area contributed by atoms with Gasteiger partial charge in [-0.2, -0.15) is 0 Å². The van der Waals surface area contributed by atoms with Gasteiger partial charge in [0.1, 0.15) is 0 Å². The van der Waals surface area contributed by atoms with E-state index in [4.69, 9.17) is 4.74 Å². The van der Waals surface area contributed by atoms with Crippen LogP contribution in [-0.2, 0) is 14.3 Å². The highest BCUT2D eigenvalue weighted by atomic mass is 16.5. The summed E-state index contributed by atoms with van der Waals surface area (Å²) in [5.41, 5.74) is 1.89. The van der Waals surface area contributed by atoms with Crippen LogP contribution < -0.4 is 5.32 Å². The number of carbonyl (C=O) groups is 2. The molecule has 0 aliphatic carbocycles. The summed E-state index contributed by atoms with van der Waals surface area (Å²) in [6, 6.07) is 9.36. The highest BCUT2D eigenvalue weighted by Crippen LogP contribution is 2.28. The number of carbonyl (C=O) groups excluding carboxylic acids is 2. The van der Waals surface area contributed by atoms with E-state index in [1.165, 1.54) is 0 Å². The van der Waals surface area contributed by atoms with Gasteiger partial charge in [0, 0.05) is 0 Å². The Balaban J connectivity index is 2.45. The Kier molecular flexibility index (Phi) is 4.93. The minimum absolute atomic E-state index is 0.0972. The zero-order valence-corrected chi connectivity index (χ0v) is 12.3. The molecule has 4 heteroatoms. The van der Waals surface area contributed by atoms with Crippen LogP contribution >= 0.6 is 0 Å². The molecule has 1 aliphatic rings. The molecule has 1 atom stereocenters. The van der Waals surface area contributed by atoms with Gasteiger partial charge in [0.2, 0.25) is 5.91 Å². The van der Waals surface area contributed by atoms with Crippen LogP contribution in [0.4, 0.5) is 0 Å². The van der Waals surface area contributed by atoms with E-state index in [0.29, 0.717) is 24.3 Å². The third-order valence-electron chi connectivity index (χ3n) is 3.32. The second-order valence-electron chi connectivity index (χ2n) is 4.77. The minimum atomic E-state index is -0.370. The van der Waals surface area contributed by atoms with Gasteiger partial charge in [-0.1, -0.05) is 42.5 Å². The van der Waals surface area contributed by atoms with Gasteiger partial charge >= 0.3 is 5.97 Å². The molecule has 0 spiro atoms. The van der Waals surface area contributed by atoms with Crippen LogP contribution in [0.25, 0.3) is 5.70 Å². The summed E-state index contributed by atoms with van der Waals surface area (Å²) in [7, 11) is 0. The molecule has 0 unspecified atom stereocenters. The molecule has 0 radical (unpaired) electrons. The molecule has 1 amide bonds. The lowest BCUT2D eigenvalue weighted by atomic mass is 9.90. The van der Waals surface area contributed by atoms with Crippen molar-refractivity contribution in [3.63, 3.8) is 0 Å². The third-order valence-corrected chi connectivity index (χ3v) is 3.32. The summed E-state index contributed by atoms with van der Waals surface area (Å²) in [4.78, 5) is 24.3. The fraction of sp³-hybridized carbons (Fsp3) is 0.294. The first kappa shape index (κ1) is 15.0. The second-order valence-corrected chi connectivity index (χ2v) is 4.77. The lowest BCUT2D eigenvalue weighted by Crippen LogP contribution is -2.36. The van der Waals surface area contributed by atoms with Crippen LogP contribution in [0.1, 0.15) is 25.8 Å². The number of esters is 1. The Bertz CT molecular complexity index is 587. The maximum absolute atomic E-state index is 12.2. The monoisotopic (exact) mass is 285 g/mol. The van der Waals surface area contributed by atoms with Crippen molar-refractivity contribution in [1.29, 1.82) is 0 Å². The molecule has 1 N–H and O–H groups in total. The summed E-state index contributed by atoms with van der Waals surface area (Å²) in [6.07, 6.45) is 3.98. The first-order valence-electron chi connectivity index (χ1n) is 7.06. The van der Waals surface area contributed by atoms with Crippen LogP contribution in [0.15, 0.2) is 48.1 Å². The summed E-state index contributed by atoms with van der Waals surface area (Å²) in [5.74, 6) is -0.798. The van der Waals surface area contributed by atoms with Gasteiger partial charge in [-0.15, -0.1) is 0 Å². The van der Waals surface area contributed by atoms with Crippen molar-refractivity contribution in [2.75, 3.05) is 6.61 Å². The number of hydrogen-bond donors (Lipinski definition) is 1. The Morgan fingerprint density at radius 2 is 2.10 bits per heavy atom. The molecule has 0 aromatic heterocycles. The second kappa shape index (κ2) is 6.88. The lowest BCUT2D eigenvalue weighted by molar-refractivity contribution is -0.138. The van der Waals surface area contributed by atoms with Gasteiger partial charge in [0.25, 0.3) is 0 Å². The van der Waals surface area contributed by atoms with Gasteiger partial charge in [-0.05, 0) is 25.8 Å². The van der Waals surface area contributed by atoms with E-state index < -0.39 is 0 Å². The number of ether oxygens (including phenoxy) is 1. The zero-order chi connectivity index (χ0) is 15.2. The van der Waals surface area contributed by atoms with Crippen molar-refractivity contribution in [1.82, 2.24) is 5.32 Å². The molecule has 0 bridgehead atoms. The van der Waals surface area contributed by atoms with Crippen molar-refractivity contribution < 1.29 is 14.3 Å². The number of nitrogens with one attached hydrogen (secondary N) is 1. The largest absolute Gasteiger partial charge is 0.463 e. The standard InChI is InChI=1S/C17H19NO3/c1-3-8-13-11-14(17(20)21-4-2)15(18-16(13)19)12-9-6-5-7-10-12/h3,5-10,13H,4,11H2,1-2H3,(H,18,19)/b8-3-/t13-/m1/s1. The number of rotatable bonds is 4. The molecule has 1 aliphatic heterocycles. The summed E-state index contributed by atoms with van der Waals surface area (Å²) >= 11 is 0. The van der Waals surface area contributed by atoms with E-state index >= 15 is 0 Å². The smallest absolute Gasteiger partial charge is 0.336 e. The van der Waals surface area contributed by atoms with E-state index in [0.717, 1.165) is 5.56 Å². The zero-order valence-electron chi connectivity index (χ0n) is 12.3.